The van der Waals surface area contributed by atoms with E-state index in [1.165, 1.54) is 36.9 Å². The summed E-state index contributed by atoms with van der Waals surface area (Å²) in [6.45, 7) is 7.74. The lowest BCUT2D eigenvalue weighted by Gasteiger charge is -2.31. The first kappa shape index (κ1) is 15.0. The lowest BCUT2D eigenvalue weighted by atomic mass is 9.99. The third-order valence-electron chi connectivity index (χ3n) is 4.97. The minimum Gasteiger partial charge on any atom is -0.384 e. The summed E-state index contributed by atoms with van der Waals surface area (Å²) in [6, 6.07) is 9.41. The number of ether oxygens (including phenoxy) is 1. The van der Waals surface area contributed by atoms with E-state index in [9.17, 15) is 0 Å². The Morgan fingerprint density at radius 1 is 1.29 bits per heavy atom. The zero-order chi connectivity index (χ0) is 14.7. The van der Waals surface area contributed by atoms with Gasteiger partial charge in [-0.1, -0.05) is 24.3 Å². The first-order valence-electron chi connectivity index (χ1n) is 8.22. The van der Waals surface area contributed by atoms with Crippen LogP contribution in [0.5, 0.6) is 0 Å². The Kier molecular flexibility index (Phi) is 4.63. The summed E-state index contributed by atoms with van der Waals surface area (Å²) >= 11 is 0. The quantitative estimate of drug-likeness (QED) is 0.834. The lowest BCUT2D eigenvalue weighted by Crippen LogP contribution is -2.43. The topological polar surface area (TPSA) is 24.5 Å². The van der Waals surface area contributed by atoms with E-state index in [-0.39, 0.29) is 0 Å². The molecule has 1 aliphatic heterocycles. The molecule has 0 spiro atoms. The number of rotatable bonds is 7. The molecule has 1 aromatic carbocycles. The average molecular weight is 288 g/mol. The Morgan fingerprint density at radius 3 is 2.76 bits per heavy atom. The normalized spacial score (nSPS) is 21.8. The Morgan fingerprint density at radius 2 is 2.05 bits per heavy atom. The van der Waals surface area contributed by atoms with E-state index in [0.29, 0.717) is 11.5 Å². The third kappa shape index (κ3) is 3.85. The first-order chi connectivity index (χ1) is 10.2. The maximum Gasteiger partial charge on any atom is 0.0530 e. The molecule has 1 atom stereocenters. The smallest absolute Gasteiger partial charge is 0.0530 e. The molecule has 3 rings (SSSR count). The first-order valence-corrected chi connectivity index (χ1v) is 8.22. The Balaban J connectivity index is 1.45. The van der Waals surface area contributed by atoms with Gasteiger partial charge in [0.1, 0.15) is 0 Å². The van der Waals surface area contributed by atoms with Crippen LogP contribution in [0, 0.1) is 5.41 Å². The summed E-state index contributed by atoms with van der Waals surface area (Å²) in [5, 5.41) is 3.72. The number of nitrogens with one attached hydrogen (secondary N) is 1. The summed E-state index contributed by atoms with van der Waals surface area (Å²) in [7, 11) is 1.81. The molecule has 1 aromatic rings. The van der Waals surface area contributed by atoms with Crippen molar-refractivity contribution in [3.8, 4) is 0 Å². The second kappa shape index (κ2) is 6.47. The molecule has 0 amide bonds. The van der Waals surface area contributed by atoms with E-state index in [2.05, 4.69) is 41.4 Å². The molecular weight excluding hydrogens is 260 g/mol. The molecule has 21 heavy (non-hydrogen) atoms. The fourth-order valence-electron chi connectivity index (χ4n) is 3.41. The second-order valence-corrected chi connectivity index (χ2v) is 6.97. The Hall–Kier alpha value is -0.900. The van der Waals surface area contributed by atoms with Crippen molar-refractivity contribution in [3.05, 3.63) is 35.4 Å². The lowest BCUT2D eigenvalue weighted by molar-refractivity contribution is 0.135. The number of methoxy groups -OCH3 is 1. The molecule has 1 heterocycles. The predicted molar refractivity (Wildman–Crippen MR) is 86.4 cm³/mol. The highest BCUT2D eigenvalue weighted by atomic mass is 16.5. The van der Waals surface area contributed by atoms with Gasteiger partial charge in [0.05, 0.1) is 6.61 Å². The van der Waals surface area contributed by atoms with E-state index >= 15 is 0 Å². The van der Waals surface area contributed by atoms with Crippen molar-refractivity contribution in [1.82, 2.24) is 10.2 Å². The van der Waals surface area contributed by atoms with Crippen molar-refractivity contribution >= 4 is 0 Å². The van der Waals surface area contributed by atoms with Crippen LogP contribution in [0.4, 0.5) is 0 Å². The standard InChI is InChI=1S/C18H28N2O/c1-15(19-13-18(8-9-18)14-21-2)11-20-10-7-16-5-3-4-6-17(16)12-20/h3-6,15,19H,7-14H2,1-2H3/t15-/m1/s1. The minimum absolute atomic E-state index is 0.442. The Labute approximate surface area is 128 Å². The van der Waals surface area contributed by atoms with E-state index in [4.69, 9.17) is 4.74 Å². The van der Waals surface area contributed by atoms with Crippen molar-refractivity contribution in [2.24, 2.45) is 5.41 Å². The van der Waals surface area contributed by atoms with Gasteiger partial charge in [-0.15, -0.1) is 0 Å². The molecule has 0 bridgehead atoms. The molecule has 2 aliphatic rings. The molecular formula is C18H28N2O. The molecule has 0 saturated heterocycles. The van der Waals surface area contributed by atoms with Gasteiger partial charge in [-0.25, -0.2) is 0 Å². The number of benzene rings is 1. The van der Waals surface area contributed by atoms with Crippen LogP contribution >= 0.6 is 0 Å². The van der Waals surface area contributed by atoms with Crippen LogP contribution in [-0.2, 0) is 17.7 Å². The van der Waals surface area contributed by atoms with Crippen LogP contribution in [-0.4, -0.2) is 44.3 Å². The average Bonchev–Trinajstić information content (AvgIpc) is 3.26. The molecule has 1 saturated carbocycles. The highest BCUT2D eigenvalue weighted by Crippen LogP contribution is 2.45. The Bertz CT molecular complexity index is 470. The third-order valence-corrected chi connectivity index (χ3v) is 4.97. The number of fused-ring (bicyclic) bond motifs is 1. The molecule has 1 N–H and O–H groups in total. The molecule has 0 unspecified atom stereocenters. The number of hydrogen-bond acceptors (Lipinski definition) is 3. The molecule has 3 heteroatoms. The summed E-state index contributed by atoms with van der Waals surface area (Å²) < 4.78 is 5.34. The van der Waals surface area contributed by atoms with Gasteiger partial charge in [0.25, 0.3) is 0 Å². The van der Waals surface area contributed by atoms with Gasteiger partial charge in [0.15, 0.2) is 0 Å². The summed E-state index contributed by atoms with van der Waals surface area (Å²) in [4.78, 5) is 2.58. The van der Waals surface area contributed by atoms with Gasteiger partial charge < -0.3 is 10.1 Å². The molecule has 0 aromatic heterocycles. The monoisotopic (exact) mass is 288 g/mol. The van der Waals surface area contributed by atoms with E-state index in [0.717, 1.165) is 26.2 Å². The van der Waals surface area contributed by atoms with Gasteiger partial charge in [-0.05, 0) is 37.3 Å². The van der Waals surface area contributed by atoms with Crippen LogP contribution in [0.2, 0.25) is 0 Å². The fourth-order valence-corrected chi connectivity index (χ4v) is 3.41. The van der Waals surface area contributed by atoms with Crippen LogP contribution in [0.1, 0.15) is 30.9 Å². The SMILES string of the molecule is COCC1(CN[C@H](C)CN2CCc3ccccc3C2)CC1. The van der Waals surface area contributed by atoms with Crippen LogP contribution < -0.4 is 5.32 Å². The zero-order valence-corrected chi connectivity index (χ0v) is 13.4. The van der Waals surface area contributed by atoms with Crippen LogP contribution in [0.3, 0.4) is 0 Å². The maximum absolute atomic E-state index is 5.34. The fraction of sp³-hybridized carbons (Fsp3) is 0.667. The van der Waals surface area contributed by atoms with E-state index < -0.39 is 0 Å². The largest absolute Gasteiger partial charge is 0.384 e. The van der Waals surface area contributed by atoms with E-state index in [1.807, 2.05) is 7.11 Å². The number of hydrogen-bond donors (Lipinski definition) is 1. The van der Waals surface area contributed by atoms with Gasteiger partial charge in [0, 0.05) is 44.7 Å². The minimum atomic E-state index is 0.442. The molecule has 1 fully saturated rings. The van der Waals surface area contributed by atoms with Crippen LogP contribution in [0.25, 0.3) is 0 Å². The molecule has 1 aliphatic carbocycles. The molecule has 3 nitrogen and oxygen atoms in total. The van der Waals surface area contributed by atoms with Gasteiger partial charge in [0.2, 0.25) is 0 Å². The summed E-state index contributed by atoms with van der Waals surface area (Å²) in [5.74, 6) is 0. The summed E-state index contributed by atoms with van der Waals surface area (Å²) in [5.41, 5.74) is 3.48. The highest BCUT2D eigenvalue weighted by Gasteiger charge is 2.42. The second-order valence-electron chi connectivity index (χ2n) is 6.97. The van der Waals surface area contributed by atoms with Crippen molar-refractivity contribution in [2.45, 2.75) is 38.8 Å². The van der Waals surface area contributed by atoms with Crippen molar-refractivity contribution in [2.75, 3.05) is 33.4 Å². The molecule has 0 radical (unpaired) electrons. The maximum atomic E-state index is 5.34. The van der Waals surface area contributed by atoms with Gasteiger partial charge in [-0.2, -0.15) is 0 Å². The zero-order valence-electron chi connectivity index (χ0n) is 13.4. The number of nitrogens with zero attached hydrogens (tertiary/aromatic N) is 1. The van der Waals surface area contributed by atoms with Crippen molar-refractivity contribution in [1.29, 1.82) is 0 Å². The highest BCUT2D eigenvalue weighted by molar-refractivity contribution is 5.29. The van der Waals surface area contributed by atoms with Crippen molar-refractivity contribution < 1.29 is 4.74 Å². The van der Waals surface area contributed by atoms with Gasteiger partial charge >= 0.3 is 0 Å². The molecule has 116 valence electrons. The van der Waals surface area contributed by atoms with E-state index in [1.54, 1.807) is 0 Å². The summed E-state index contributed by atoms with van der Waals surface area (Å²) in [6.07, 6.45) is 3.83. The van der Waals surface area contributed by atoms with Crippen LogP contribution in [0.15, 0.2) is 24.3 Å². The van der Waals surface area contributed by atoms with Crippen molar-refractivity contribution in [3.63, 3.8) is 0 Å². The predicted octanol–water partition coefficient (Wildman–Crippen LogP) is 2.45. The van der Waals surface area contributed by atoms with Gasteiger partial charge in [-0.3, -0.25) is 4.90 Å².